The van der Waals surface area contributed by atoms with Gasteiger partial charge in [-0.25, -0.2) is 0 Å². The second-order valence-electron chi connectivity index (χ2n) is 7.22. The van der Waals surface area contributed by atoms with Crippen LogP contribution in [0.3, 0.4) is 0 Å². The Kier molecular flexibility index (Phi) is 9.93. The Morgan fingerprint density at radius 1 is 1.21 bits per heavy atom. The van der Waals surface area contributed by atoms with Gasteiger partial charge in [-0.2, -0.15) is 0 Å². The van der Waals surface area contributed by atoms with Crippen molar-refractivity contribution in [1.82, 2.24) is 10.2 Å². The minimum Gasteiger partial charge on any atom is -0.394 e. The molecule has 4 unspecified atom stereocenters. The van der Waals surface area contributed by atoms with Crippen LogP contribution in [0.2, 0.25) is 5.02 Å². The molecule has 1 aromatic rings. The van der Waals surface area contributed by atoms with Crippen LogP contribution in [0.25, 0.3) is 0 Å². The van der Waals surface area contributed by atoms with E-state index in [1.165, 1.54) is 4.90 Å². The van der Waals surface area contributed by atoms with E-state index in [4.69, 9.17) is 11.6 Å². The number of halogens is 1. The van der Waals surface area contributed by atoms with E-state index in [0.29, 0.717) is 5.02 Å². The molecule has 1 saturated heterocycles. The third-order valence-corrected chi connectivity index (χ3v) is 5.28. The first kappa shape index (κ1) is 24.4. The van der Waals surface area contributed by atoms with Gasteiger partial charge in [-0.1, -0.05) is 58.4 Å². The molecule has 0 bridgehead atoms. The minimum atomic E-state index is -0.736. The van der Waals surface area contributed by atoms with Gasteiger partial charge in [0.25, 0.3) is 0 Å². The lowest BCUT2D eigenvalue weighted by molar-refractivity contribution is -0.142. The predicted octanol–water partition coefficient (Wildman–Crippen LogP) is 2.77. The third kappa shape index (κ3) is 6.19. The van der Waals surface area contributed by atoms with Crippen LogP contribution in [0.15, 0.2) is 24.3 Å². The lowest BCUT2D eigenvalue weighted by Gasteiger charge is -2.29. The zero-order valence-electron chi connectivity index (χ0n) is 17.4. The SMILES string of the molecule is CC.CC(C)C(C)C(=O)N1CC(O)CC1C(=O)NC(CO)c1ccc(Cl)cc1. The number of carbonyl (C=O) groups is 2. The Balaban J connectivity index is 0.00000190. The van der Waals surface area contributed by atoms with E-state index in [1.807, 2.05) is 34.6 Å². The highest BCUT2D eigenvalue weighted by Gasteiger charge is 2.41. The number of aliphatic hydroxyl groups excluding tert-OH is 2. The van der Waals surface area contributed by atoms with Crippen LogP contribution in [0, 0.1) is 11.8 Å². The molecule has 1 heterocycles. The van der Waals surface area contributed by atoms with E-state index in [2.05, 4.69) is 5.32 Å². The Morgan fingerprint density at radius 3 is 2.29 bits per heavy atom. The summed E-state index contributed by atoms with van der Waals surface area (Å²) in [6.45, 7) is 9.60. The zero-order chi connectivity index (χ0) is 21.4. The topological polar surface area (TPSA) is 89.9 Å². The number of β-amino-alcohol motifs (C(OH)–C–C–N with tert-alkyl or cyclic N) is 1. The minimum absolute atomic E-state index is 0.135. The fraction of sp³-hybridized carbons (Fsp3) is 0.619. The molecule has 7 heteroatoms. The molecule has 1 aromatic carbocycles. The fourth-order valence-corrected chi connectivity index (χ4v) is 3.18. The van der Waals surface area contributed by atoms with E-state index >= 15 is 0 Å². The molecule has 1 aliphatic rings. The van der Waals surface area contributed by atoms with E-state index in [9.17, 15) is 19.8 Å². The molecule has 0 spiro atoms. The second-order valence-corrected chi connectivity index (χ2v) is 7.66. The molecule has 3 N–H and O–H groups in total. The molecule has 158 valence electrons. The van der Waals surface area contributed by atoms with Crippen LogP contribution in [0.4, 0.5) is 0 Å². The van der Waals surface area contributed by atoms with Gasteiger partial charge in [-0.05, 0) is 23.6 Å². The summed E-state index contributed by atoms with van der Waals surface area (Å²) in [7, 11) is 0. The van der Waals surface area contributed by atoms with Gasteiger partial charge in [0.1, 0.15) is 6.04 Å². The standard InChI is InChI=1S/C19H27ClN2O4.C2H6/c1-11(2)12(3)19(26)22-9-15(24)8-17(22)18(25)21-16(10-23)13-4-6-14(20)7-5-13;1-2/h4-7,11-12,15-17,23-24H,8-10H2,1-3H3,(H,21,25);1-2H3. The normalized spacial score (nSPS) is 21.0. The zero-order valence-corrected chi connectivity index (χ0v) is 18.1. The van der Waals surface area contributed by atoms with Crippen LogP contribution < -0.4 is 5.32 Å². The van der Waals surface area contributed by atoms with Crippen LogP contribution in [0.5, 0.6) is 0 Å². The molecule has 6 nitrogen and oxygen atoms in total. The van der Waals surface area contributed by atoms with Crippen molar-refractivity contribution in [3.63, 3.8) is 0 Å². The molecule has 2 rings (SSSR count). The van der Waals surface area contributed by atoms with Gasteiger partial charge in [0.15, 0.2) is 0 Å². The summed E-state index contributed by atoms with van der Waals surface area (Å²) in [5, 5.41) is 23.0. The number of nitrogens with one attached hydrogen (secondary N) is 1. The van der Waals surface area contributed by atoms with Crippen molar-refractivity contribution in [3.05, 3.63) is 34.9 Å². The van der Waals surface area contributed by atoms with E-state index in [-0.39, 0.29) is 43.2 Å². The van der Waals surface area contributed by atoms with Crippen LogP contribution in [-0.4, -0.2) is 52.2 Å². The van der Waals surface area contributed by atoms with Crippen LogP contribution >= 0.6 is 11.6 Å². The maximum atomic E-state index is 12.8. The summed E-state index contributed by atoms with van der Waals surface area (Å²) >= 11 is 5.87. The van der Waals surface area contributed by atoms with E-state index in [1.54, 1.807) is 24.3 Å². The first-order chi connectivity index (χ1) is 13.2. The first-order valence-electron chi connectivity index (χ1n) is 9.89. The summed E-state index contributed by atoms with van der Waals surface area (Å²) < 4.78 is 0. The van der Waals surface area contributed by atoms with Crippen LogP contribution in [0.1, 0.15) is 52.6 Å². The number of hydrogen-bond donors (Lipinski definition) is 3. The van der Waals surface area contributed by atoms with Crippen molar-refractivity contribution in [1.29, 1.82) is 0 Å². The molecule has 0 aromatic heterocycles. The molecular weight excluding hydrogens is 380 g/mol. The van der Waals surface area contributed by atoms with Gasteiger partial charge in [0, 0.05) is 23.9 Å². The largest absolute Gasteiger partial charge is 0.394 e. The summed E-state index contributed by atoms with van der Waals surface area (Å²) in [5.41, 5.74) is 0.720. The summed E-state index contributed by atoms with van der Waals surface area (Å²) in [5.74, 6) is -0.604. The quantitative estimate of drug-likeness (QED) is 0.670. The summed E-state index contributed by atoms with van der Waals surface area (Å²) in [6, 6.07) is 5.50. The highest BCUT2D eigenvalue weighted by atomic mass is 35.5. The average Bonchev–Trinajstić information content (AvgIpc) is 3.09. The van der Waals surface area contributed by atoms with Crippen molar-refractivity contribution < 1.29 is 19.8 Å². The number of carbonyl (C=O) groups excluding carboxylic acids is 2. The number of rotatable bonds is 6. The van der Waals surface area contributed by atoms with Crippen molar-refractivity contribution in [3.8, 4) is 0 Å². The Morgan fingerprint density at radius 2 is 1.79 bits per heavy atom. The van der Waals surface area contributed by atoms with Crippen molar-refractivity contribution in [2.45, 2.75) is 59.2 Å². The van der Waals surface area contributed by atoms with Crippen LogP contribution in [-0.2, 0) is 9.59 Å². The second kappa shape index (κ2) is 11.4. The lowest BCUT2D eigenvalue weighted by atomic mass is 9.96. The number of nitrogens with zero attached hydrogens (tertiary/aromatic N) is 1. The monoisotopic (exact) mass is 412 g/mol. The number of aliphatic hydroxyl groups is 2. The number of hydrogen-bond acceptors (Lipinski definition) is 4. The summed E-state index contributed by atoms with van der Waals surface area (Å²) in [6.07, 6.45) is -0.529. The van der Waals surface area contributed by atoms with Gasteiger partial charge in [0.2, 0.25) is 11.8 Å². The molecule has 28 heavy (non-hydrogen) atoms. The van der Waals surface area contributed by atoms with Gasteiger partial charge < -0.3 is 20.4 Å². The maximum Gasteiger partial charge on any atom is 0.243 e. The van der Waals surface area contributed by atoms with E-state index < -0.39 is 18.2 Å². The third-order valence-electron chi connectivity index (χ3n) is 5.03. The Bertz CT molecular complexity index is 636. The summed E-state index contributed by atoms with van der Waals surface area (Å²) in [4.78, 5) is 26.9. The van der Waals surface area contributed by atoms with Gasteiger partial charge in [-0.15, -0.1) is 0 Å². The van der Waals surface area contributed by atoms with Gasteiger partial charge in [0.05, 0.1) is 18.8 Å². The molecule has 0 aliphatic carbocycles. The molecule has 1 aliphatic heterocycles. The lowest BCUT2D eigenvalue weighted by Crippen LogP contribution is -2.49. The molecule has 0 radical (unpaired) electrons. The number of benzene rings is 1. The first-order valence-corrected chi connectivity index (χ1v) is 10.3. The predicted molar refractivity (Wildman–Crippen MR) is 111 cm³/mol. The molecule has 1 fully saturated rings. The molecule has 4 atom stereocenters. The highest BCUT2D eigenvalue weighted by molar-refractivity contribution is 6.30. The smallest absolute Gasteiger partial charge is 0.243 e. The average molecular weight is 413 g/mol. The van der Waals surface area contributed by atoms with Crippen molar-refractivity contribution in [2.24, 2.45) is 11.8 Å². The highest BCUT2D eigenvalue weighted by Crippen LogP contribution is 2.24. The molecule has 0 saturated carbocycles. The molecular formula is C21H33ClN2O4. The Labute approximate surface area is 172 Å². The van der Waals surface area contributed by atoms with Gasteiger partial charge >= 0.3 is 0 Å². The van der Waals surface area contributed by atoms with Crippen molar-refractivity contribution in [2.75, 3.05) is 13.2 Å². The van der Waals surface area contributed by atoms with E-state index in [0.717, 1.165) is 5.56 Å². The Hall–Kier alpha value is -1.63. The maximum absolute atomic E-state index is 12.8. The van der Waals surface area contributed by atoms with Crippen molar-refractivity contribution >= 4 is 23.4 Å². The molecule has 2 amide bonds. The fourth-order valence-electron chi connectivity index (χ4n) is 3.05. The number of amides is 2. The van der Waals surface area contributed by atoms with Gasteiger partial charge in [-0.3, -0.25) is 9.59 Å². The number of likely N-dealkylation sites (tertiary alicyclic amines) is 1.